The Kier molecular flexibility index (Phi) is 6.99. The van der Waals surface area contributed by atoms with E-state index < -0.39 is 18.0 Å². The number of ether oxygens (including phenoxy) is 1. The molecule has 0 radical (unpaired) electrons. The molecule has 4 nitrogen and oxygen atoms in total. The van der Waals surface area contributed by atoms with Crippen molar-refractivity contribution in [2.75, 3.05) is 13.2 Å². The molecule has 2 atom stereocenters. The predicted octanol–water partition coefficient (Wildman–Crippen LogP) is 0.731. The van der Waals surface area contributed by atoms with Gasteiger partial charge in [0.25, 0.3) is 0 Å². The molecule has 0 heterocycles. The number of aliphatic hydroxyl groups excluding tert-OH is 2. The molecule has 0 fully saturated rings. The first-order valence-electron chi connectivity index (χ1n) is 5.16. The maximum Gasteiger partial charge on any atom is 0.315 e. The number of rotatable bonds is 6. The van der Waals surface area contributed by atoms with E-state index in [-0.39, 0.29) is 19.1 Å². The zero-order valence-corrected chi connectivity index (χ0v) is 9.51. The number of carbonyl (C=O) groups excluding carboxylic acids is 1. The Morgan fingerprint density at radius 1 is 1.47 bits per heavy atom. The molecule has 4 heteroatoms. The topological polar surface area (TPSA) is 66.8 Å². The molecule has 0 aliphatic carbocycles. The first-order chi connectivity index (χ1) is 7.04. The molecule has 2 N–H and O–H groups in total. The van der Waals surface area contributed by atoms with Gasteiger partial charge in [0, 0.05) is 0 Å². The van der Waals surface area contributed by atoms with Gasteiger partial charge < -0.3 is 14.9 Å². The lowest BCUT2D eigenvalue weighted by atomic mass is 9.93. The van der Waals surface area contributed by atoms with Gasteiger partial charge in [0.1, 0.15) is 5.92 Å². The lowest BCUT2D eigenvalue weighted by Gasteiger charge is -2.21. The zero-order valence-electron chi connectivity index (χ0n) is 9.51. The van der Waals surface area contributed by atoms with Crippen LogP contribution in [-0.2, 0) is 9.53 Å². The summed E-state index contributed by atoms with van der Waals surface area (Å²) in [4.78, 5) is 11.5. The van der Waals surface area contributed by atoms with E-state index in [9.17, 15) is 9.90 Å². The molecule has 88 valence electrons. The molecule has 0 saturated heterocycles. The monoisotopic (exact) mass is 216 g/mol. The number of aliphatic hydroxyl groups is 2. The minimum atomic E-state index is -0.785. The summed E-state index contributed by atoms with van der Waals surface area (Å²) in [6.07, 6.45) is 2.14. The Hall–Kier alpha value is -0.870. The minimum Gasteiger partial charge on any atom is -0.465 e. The Labute approximate surface area is 90.6 Å². The fraction of sp³-hybridized carbons (Fsp3) is 0.727. The van der Waals surface area contributed by atoms with Gasteiger partial charge in [-0.15, -0.1) is 0 Å². The summed E-state index contributed by atoms with van der Waals surface area (Å²) in [6.45, 7) is 5.49. The molecule has 0 aliphatic rings. The van der Waals surface area contributed by atoms with Crippen LogP contribution in [0.5, 0.6) is 0 Å². The maximum atomic E-state index is 11.5. The Bertz CT molecular complexity index is 211. The molecular formula is C11H20O4. The van der Waals surface area contributed by atoms with Crippen LogP contribution in [0.25, 0.3) is 0 Å². The van der Waals surface area contributed by atoms with Crippen LogP contribution in [0.2, 0.25) is 0 Å². The fourth-order valence-corrected chi connectivity index (χ4v) is 1.19. The highest BCUT2D eigenvalue weighted by Gasteiger charge is 2.27. The fourth-order valence-electron chi connectivity index (χ4n) is 1.19. The second-order valence-corrected chi connectivity index (χ2v) is 3.62. The first-order valence-corrected chi connectivity index (χ1v) is 5.16. The number of hydrogen-bond donors (Lipinski definition) is 2. The summed E-state index contributed by atoms with van der Waals surface area (Å²) in [7, 11) is 0. The van der Waals surface area contributed by atoms with Crippen LogP contribution in [0.4, 0.5) is 0 Å². The summed E-state index contributed by atoms with van der Waals surface area (Å²) in [6, 6.07) is 0. The molecule has 0 saturated carbocycles. The third-order valence-electron chi connectivity index (χ3n) is 2.06. The van der Waals surface area contributed by atoms with Crippen molar-refractivity contribution in [3.8, 4) is 0 Å². The normalized spacial score (nSPS) is 15.6. The molecular weight excluding hydrogens is 196 g/mol. The maximum absolute atomic E-state index is 11.5. The molecule has 0 aromatic carbocycles. The Balaban J connectivity index is 4.56. The third kappa shape index (κ3) is 4.95. The van der Waals surface area contributed by atoms with Crippen LogP contribution >= 0.6 is 0 Å². The molecule has 0 rings (SSSR count). The summed E-state index contributed by atoms with van der Waals surface area (Å²) in [5, 5.41) is 18.4. The lowest BCUT2D eigenvalue weighted by molar-refractivity contribution is -0.150. The second-order valence-electron chi connectivity index (χ2n) is 3.62. The zero-order chi connectivity index (χ0) is 11.8. The largest absolute Gasteiger partial charge is 0.465 e. The Morgan fingerprint density at radius 3 is 2.47 bits per heavy atom. The molecule has 0 aromatic rings. The molecule has 15 heavy (non-hydrogen) atoms. The van der Waals surface area contributed by atoms with Crippen LogP contribution in [0.3, 0.4) is 0 Å². The van der Waals surface area contributed by atoms with Gasteiger partial charge in [0.05, 0.1) is 19.3 Å². The van der Waals surface area contributed by atoms with E-state index in [2.05, 4.69) is 0 Å². The van der Waals surface area contributed by atoms with Crippen molar-refractivity contribution < 1.29 is 19.7 Å². The van der Waals surface area contributed by atoms with Gasteiger partial charge in [-0.3, -0.25) is 4.79 Å². The molecule has 0 unspecified atom stereocenters. The van der Waals surface area contributed by atoms with Gasteiger partial charge in [0.15, 0.2) is 0 Å². The van der Waals surface area contributed by atoms with E-state index in [1.807, 2.05) is 13.8 Å². The van der Waals surface area contributed by atoms with E-state index >= 15 is 0 Å². The van der Waals surface area contributed by atoms with E-state index in [1.165, 1.54) is 12.2 Å². The number of esters is 1. The van der Waals surface area contributed by atoms with Crippen molar-refractivity contribution in [1.29, 1.82) is 0 Å². The quantitative estimate of drug-likeness (QED) is 0.507. The van der Waals surface area contributed by atoms with Crippen molar-refractivity contribution in [2.45, 2.75) is 26.9 Å². The molecule has 0 spiro atoms. The number of carbonyl (C=O) groups is 1. The van der Waals surface area contributed by atoms with Gasteiger partial charge in [-0.2, -0.15) is 0 Å². The van der Waals surface area contributed by atoms with Crippen molar-refractivity contribution in [1.82, 2.24) is 0 Å². The van der Waals surface area contributed by atoms with Crippen molar-refractivity contribution in [3.63, 3.8) is 0 Å². The van der Waals surface area contributed by atoms with E-state index in [0.717, 1.165) is 0 Å². The van der Waals surface area contributed by atoms with Crippen LogP contribution in [0.1, 0.15) is 20.8 Å². The summed E-state index contributed by atoms with van der Waals surface area (Å²) in [5.41, 5.74) is 0. The molecule has 0 amide bonds. The predicted molar refractivity (Wildman–Crippen MR) is 57.2 cm³/mol. The molecule has 0 bridgehead atoms. The second kappa shape index (κ2) is 7.43. The standard InChI is InChI=1S/C11H20O4/c1-4-15-11(14)9(6-5-7-12)10(13)8(2)3/h5-6,8-10,12-13H,4,7H2,1-3H3/b6-5+/t9-,10+/m0/s1. The average Bonchev–Trinajstić information content (AvgIpc) is 2.18. The highest BCUT2D eigenvalue weighted by atomic mass is 16.5. The van der Waals surface area contributed by atoms with Gasteiger partial charge >= 0.3 is 5.97 Å². The van der Waals surface area contributed by atoms with Gasteiger partial charge in [0.2, 0.25) is 0 Å². The van der Waals surface area contributed by atoms with Gasteiger partial charge in [-0.25, -0.2) is 0 Å². The molecule has 0 aromatic heterocycles. The lowest BCUT2D eigenvalue weighted by Crippen LogP contribution is -2.32. The average molecular weight is 216 g/mol. The van der Waals surface area contributed by atoms with Crippen LogP contribution < -0.4 is 0 Å². The smallest absolute Gasteiger partial charge is 0.315 e. The summed E-state index contributed by atoms with van der Waals surface area (Å²) < 4.78 is 4.84. The van der Waals surface area contributed by atoms with Crippen molar-refractivity contribution in [3.05, 3.63) is 12.2 Å². The first kappa shape index (κ1) is 14.1. The highest BCUT2D eigenvalue weighted by Crippen LogP contribution is 2.16. The van der Waals surface area contributed by atoms with Crippen LogP contribution in [0.15, 0.2) is 12.2 Å². The van der Waals surface area contributed by atoms with Crippen LogP contribution in [-0.4, -0.2) is 35.5 Å². The Morgan fingerprint density at radius 2 is 2.07 bits per heavy atom. The van der Waals surface area contributed by atoms with Gasteiger partial charge in [-0.05, 0) is 12.8 Å². The minimum absolute atomic E-state index is 0.0391. The van der Waals surface area contributed by atoms with Crippen LogP contribution in [0, 0.1) is 11.8 Å². The summed E-state index contributed by atoms with van der Waals surface area (Å²) >= 11 is 0. The van der Waals surface area contributed by atoms with E-state index in [1.54, 1.807) is 6.92 Å². The highest BCUT2D eigenvalue weighted by molar-refractivity contribution is 5.75. The van der Waals surface area contributed by atoms with Crippen molar-refractivity contribution in [2.24, 2.45) is 11.8 Å². The number of hydrogen-bond acceptors (Lipinski definition) is 4. The van der Waals surface area contributed by atoms with E-state index in [4.69, 9.17) is 9.84 Å². The van der Waals surface area contributed by atoms with Gasteiger partial charge in [-0.1, -0.05) is 26.0 Å². The van der Waals surface area contributed by atoms with Crippen molar-refractivity contribution >= 4 is 5.97 Å². The van der Waals surface area contributed by atoms with E-state index in [0.29, 0.717) is 0 Å². The molecule has 0 aliphatic heterocycles. The third-order valence-corrected chi connectivity index (χ3v) is 2.06. The SMILES string of the molecule is CCOC(=O)[C@@H](/C=C/CO)[C@H](O)C(C)C. The summed E-state index contributed by atoms with van der Waals surface area (Å²) in [5.74, 6) is -1.19.